The molecule has 8 aromatic rings. The van der Waals surface area contributed by atoms with Gasteiger partial charge >= 0.3 is 0 Å². The van der Waals surface area contributed by atoms with Gasteiger partial charge in [0.1, 0.15) is 17.2 Å². The molecular formula is C44H29N3OS. The molecule has 2 aromatic heterocycles. The lowest BCUT2D eigenvalue weighted by Crippen LogP contribution is -2.24. The Morgan fingerprint density at radius 2 is 1.27 bits per heavy atom. The highest BCUT2D eigenvalue weighted by Crippen LogP contribution is 2.51. The number of rotatable bonds is 4. The second-order valence-electron chi connectivity index (χ2n) is 13.0. The summed E-state index contributed by atoms with van der Waals surface area (Å²) >= 11 is 1.69. The van der Waals surface area contributed by atoms with Gasteiger partial charge in [-0.2, -0.15) is 5.26 Å². The Balaban J connectivity index is 1.18. The summed E-state index contributed by atoms with van der Waals surface area (Å²) in [6.07, 6.45) is 0. The van der Waals surface area contributed by atoms with E-state index in [1.807, 2.05) is 54.6 Å². The number of para-hydroxylation sites is 1. The van der Waals surface area contributed by atoms with Gasteiger partial charge in [-0.3, -0.25) is 0 Å². The molecule has 49 heavy (non-hydrogen) atoms. The summed E-state index contributed by atoms with van der Waals surface area (Å²) in [7, 11) is 0. The number of hydrogen-bond donors (Lipinski definition) is 0. The normalized spacial score (nSPS) is 13.2. The van der Waals surface area contributed by atoms with E-state index in [0.717, 1.165) is 66.0 Å². The first-order chi connectivity index (χ1) is 24.0. The van der Waals surface area contributed by atoms with Crippen LogP contribution < -0.4 is 0 Å². The molecule has 3 heterocycles. The number of benzene rings is 6. The molecule has 0 N–H and O–H groups in total. The molecule has 0 unspecified atom stereocenters. The van der Waals surface area contributed by atoms with Crippen LogP contribution >= 0.6 is 11.8 Å². The van der Waals surface area contributed by atoms with Gasteiger partial charge < -0.3 is 4.42 Å². The number of nitriles is 1. The Hall–Kier alpha value is -5.96. The minimum absolute atomic E-state index is 0.247. The predicted octanol–water partition coefficient (Wildman–Crippen LogP) is 11.7. The topological polar surface area (TPSA) is 62.7 Å². The van der Waals surface area contributed by atoms with Gasteiger partial charge in [0, 0.05) is 42.7 Å². The first kappa shape index (κ1) is 29.2. The van der Waals surface area contributed by atoms with Crippen molar-refractivity contribution < 1.29 is 4.42 Å². The van der Waals surface area contributed by atoms with Crippen LogP contribution in [0.3, 0.4) is 0 Å². The summed E-state index contributed by atoms with van der Waals surface area (Å²) in [5.41, 5.74) is 11.1. The number of fused-ring (bicyclic) bond motifs is 5. The van der Waals surface area contributed by atoms with Crippen molar-refractivity contribution >= 4 is 33.7 Å². The van der Waals surface area contributed by atoms with Gasteiger partial charge in [-0.15, -0.1) is 0 Å². The number of aromatic nitrogens is 2. The van der Waals surface area contributed by atoms with E-state index < -0.39 is 0 Å². The van der Waals surface area contributed by atoms with Crippen LogP contribution in [-0.4, -0.2) is 9.97 Å². The standard InChI is InChI=1S/C44H29N3OS/c1-44(2)35-16-7-9-18-41(35)49-42-32(26-45)22-31(23-36(42)44)28-13-10-14-29(21-28)37-25-38(47-43(46-37)27-11-4-3-5-12-27)30-19-20-34-33-15-6-8-17-39(33)48-40(34)24-30/h3-25H,1-2H3. The molecule has 4 nitrogen and oxygen atoms in total. The third-order valence-corrected chi connectivity index (χ3v) is 10.8. The van der Waals surface area contributed by atoms with Gasteiger partial charge in [-0.05, 0) is 70.8 Å². The van der Waals surface area contributed by atoms with Crippen LogP contribution in [0.1, 0.15) is 30.5 Å². The smallest absolute Gasteiger partial charge is 0.160 e. The van der Waals surface area contributed by atoms with Crippen LogP contribution in [0.25, 0.3) is 67.0 Å². The van der Waals surface area contributed by atoms with Gasteiger partial charge in [-0.1, -0.05) is 117 Å². The molecule has 0 saturated carbocycles. The second-order valence-corrected chi connectivity index (χ2v) is 14.0. The highest BCUT2D eigenvalue weighted by Gasteiger charge is 2.34. The molecule has 0 fully saturated rings. The highest BCUT2D eigenvalue weighted by molar-refractivity contribution is 7.99. The molecule has 1 aliphatic rings. The summed E-state index contributed by atoms with van der Waals surface area (Å²) in [5, 5.41) is 12.5. The van der Waals surface area contributed by atoms with Crippen LogP contribution in [0.2, 0.25) is 0 Å². The zero-order valence-electron chi connectivity index (χ0n) is 26.9. The summed E-state index contributed by atoms with van der Waals surface area (Å²) in [5.74, 6) is 0.654. The van der Waals surface area contributed by atoms with Gasteiger partial charge in [0.2, 0.25) is 0 Å². The molecule has 1 aliphatic heterocycles. The van der Waals surface area contributed by atoms with Crippen LogP contribution in [-0.2, 0) is 5.41 Å². The average molecular weight is 648 g/mol. The Kier molecular flexibility index (Phi) is 6.75. The molecule has 0 radical (unpaired) electrons. The van der Waals surface area contributed by atoms with E-state index in [2.05, 4.69) is 105 Å². The van der Waals surface area contributed by atoms with E-state index in [1.165, 1.54) is 16.0 Å². The number of nitrogens with zero attached hydrogens (tertiary/aromatic N) is 3. The molecule has 0 spiro atoms. The molecule has 5 heteroatoms. The molecule has 0 amide bonds. The zero-order chi connectivity index (χ0) is 33.1. The van der Waals surface area contributed by atoms with Gasteiger partial charge in [0.15, 0.2) is 5.82 Å². The zero-order valence-corrected chi connectivity index (χ0v) is 27.8. The lowest BCUT2D eigenvalue weighted by atomic mass is 9.76. The Labute approximate surface area is 288 Å². The summed E-state index contributed by atoms with van der Waals surface area (Å²) in [6, 6.07) is 50.3. The molecule has 6 aromatic carbocycles. The summed E-state index contributed by atoms with van der Waals surface area (Å²) < 4.78 is 6.23. The average Bonchev–Trinajstić information content (AvgIpc) is 3.53. The van der Waals surface area contributed by atoms with E-state index >= 15 is 0 Å². The fourth-order valence-electron chi connectivity index (χ4n) is 6.98. The highest BCUT2D eigenvalue weighted by atomic mass is 32.2. The molecule has 0 saturated heterocycles. The molecule has 0 atom stereocenters. The molecular weight excluding hydrogens is 619 g/mol. The van der Waals surface area contributed by atoms with Crippen molar-refractivity contribution in [3.8, 4) is 51.1 Å². The maximum absolute atomic E-state index is 10.3. The van der Waals surface area contributed by atoms with Crippen LogP contribution in [0.15, 0.2) is 154 Å². The predicted molar refractivity (Wildman–Crippen MR) is 198 cm³/mol. The molecule has 0 aliphatic carbocycles. The van der Waals surface area contributed by atoms with Crippen molar-refractivity contribution in [2.24, 2.45) is 0 Å². The largest absolute Gasteiger partial charge is 0.456 e. The van der Waals surface area contributed by atoms with Crippen molar-refractivity contribution in [3.05, 3.63) is 156 Å². The maximum atomic E-state index is 10.3. The minimum atomic E-state index is -0.247. The number of hydrogen-bond acceptors (Lipinski definition) is 5. The first-order valence-corrected chi connectivity index (χ1v) is 17.1. The van der Waals surface area contributed by atoms with Gasteiger partial charge in [0.05, 0.1) is 17.0 Å². The fourth-order valence-corrected chi connectivity index (χ4v) is 8.42. The Morgan fingerprint density at radius 1 is 0.571 bits per heavy atom. The maximum Gasteiger partial charge on any atom is 0.160 e. The monoisotopic (exact) mass is 647 g/mol. The minimum Gasteiger partial charge on any atom is -0.456 e. The summed E-state index contributed by atoms with van der Waals surface area (Å²) in [4.78, 5) is 12.4. The van der Waals surface area contributed by atoms with Crippen LogP contribution in [0.4, 0.5) is 0 Å². The van der Waals surface area contributed by atoms with Gasteiger partial charge in [0.25, 0.3) is 0 Å². The lowest BCUT2D eigenvalue weighted by molar-refractivity contribution is 0.607. The number of furan rings is 1. The summed E-state index contributed by atoms with van der Waals surface area (Å²) in [6.45, 7) is 4.50. The fraction of sp³-hybridized carbons (Fsp3) is 0.0682. The first-order valence-electron chi connectivity index (χ1n) is 16.3. The Bertz CT molecular complexity index is 2630. The van der Waals surface area contributed by atoms with E-state index in [1.54, 1.807) is 11.8 Å². The third kappa shape index (κ3) is 4.92. The van der Waals surface area contributed by atoms with Crippen molar-refractivity contribution in [1.82, 2.24) is 9.97 Å². The van der Waals surface area contributed by atoms with Crippen LogP contribution in [0, 0.1) is 11.3 Å². The molecule has 232 valence electrons. The SMILES string of the molecule is CC1(C)c2ccccc2Sc2c(C#N)cc(-c3cccc(-c4cc(-c5ccc6c(c5)oc5ccccc56)nc(-c5ccccc5)n4)c3)cc21. The van der Waals surface area contributed by atoms with Gasteiger partial charge in [-0.25, -0.2) is 9.97 Å². The Morgan fingerprint density at radius 3 is 2.10 bits per heavy atom. The van der Waals surface area contributed by atoms with E-state index in [9.17, 15) is 5.26 Å². The van der Waals surface area contributed by atoms with E-state index in [0.29, 0.717) is 11.4 Å². The van der Waals surface area contributed by atoms with Crippen molar-refractivity contribution in [1.29, 1.82) is 5.26 Å². The van der Waals surface area contributed by atoms with Crippen molar-refractivity contribution in [2.75, 3.05) is 0 Å². The quantitative estimate of drug-likeness (QED) is 0.190. The van der Waals surface area contributed by atoms with Crippen molar-refractivity contribution in [3.63, 3.8) is 0 Å². The van der Waals surface area contributed by atoms with E-state index in [-0.39, 0.29) is 5.41 Å². The molecule has 0 bridgehead atoms. The van der Waals surface area contributed by atoms with Crippen molar-refractivity contribution in [2.45, 2.75) is 29.1 Å². The van der Waals surface area contributed by atoms with E-state index in [4.69, 9.17) is 14.4 Å². The third-order valence-electron chi connectivity index (χ3n) is 9.58. The second kappa shape index (κ2) is 11.3. The molecule has 9 rings (SSSR count). The lowest BCUT2D eigenvalue weighted by Gasteiger charge is -2.35. The van der Waals surface area contributed by atoms with Crippen LogP contribution in [0.5, 0.6) is 0 Å².